The highest BCUT2D eigenvalue weighted by atomic mass is 32.2. The van der Waals surface area contributed by atoms with Crippen LogP contribution in [0.4, 0.5) is 0 Å². The van der Waals surface area contributed by atoms with Crippen LogP contribution in [0.1, 0.15) is 43.0 Å². The van der Waals surface area contributed by atoms with Crippen molar-refractivity contribution in [2.45, 2.75) is 43.7 Å². The average molecular weight is 308 g/mol. The molecule has 0 aromatic carbocycles. The van der Waals surface area contributed by atoms with Crippen LogP contribution in [0.3, 0.4) is 0 Å². The molecule has 2 rings (SSSR count). The fraction of sp³-hybridized carbons (Fsp3) is 0.625. The molecule has 1 aromatic heterocycles. The third-order valence-electron chi connectivity index (χ3n) is 3.96. The second-order valence-electron chi connectivity index (χ2n) is 5.49. The van der Waals surface area contributed by atoms with Gasteiger partial charge < -0.3 is 10.1 Å². The van der Waals surface area contributed by atoms with E-state index in [1.165, 1.54) is 31.0 Å². The van der Waals surface area contributed by atoms with Crippen molar-refractivity contribution in [1.29, 1.82) is 0 Å². The molecule has 1 N–H and O–H groups in total. The van der Waals surface area contributed by atoms with Crippen LogP contribution in [0.15, 0.2) is 23.4 Å². The Morgan fingerprint density at radius 3 is 3.05 bits per heavy atom. The molecule has 1 aliphatic rings. The first-order valence-electron chi connectivity index (χ1n) is 7.61. The van der Waals surface area contributed by atoms with E-state index in [1.807, 2.05) is 6.26 Å². The van der Waals surface area contributed by atoms with Gasteiger partial charge in [-0.05, 0) is 37.1 Å². The minimum Gasteiger partial charge on any atom is -0.376 e. The first kappa shape index (κ1) is 16.3. The Balaban J connectivity index is 1.74. The molecule has 1 heterocycles. The highest BCUT2D eigenvalue weighted by Crippen LogP contribution is 2.26. The van der Waals surface area contributed by atoms with Gasteiger partial charge in [0, 0.05) is 12.7 Å². The van der Waals surface area contributed by atoms with E-state index >= 15 is 0 Å². The van der Waals surface area contributed by atoms with Crippen molar-refractivity contribution in [3.63, 3.8) is 0 Å². The summed E-state index contributed by atoms with van der Waals surface area (Å²) in [6.45, 7) is 3.38. The van der Waals surface area contributed by atoms with Crippen LogP contribution in [-0.4, -0.2) is 36.4 Å². The second-order valence-corrected chi connectivity index (χ2v) is 6.28. The first-order chi connectivity index (χ1) is 10.2. The number of carbonyl (C=O) groups excluding carboxylic acids is 1. The van der Waals surface area contributed by atoms with Crippen LogP contribution in [0.5, 0.6) is 0 Å². The summed E-state index contributed by atoms with van der Waals surface area (Å²) < 4.78 is 5.90. The van der Waals surface area contributed by atoms with E-state index in [0.717, 1.165) is 11.4 Å². The SMILES string of the molecule is CSc1ncccc1C(=O)NCCO[C@H]1CCCC[C@H]1C. The minimum absolute atomic E-state index is 0.0762. The molecular formula is C16H24N2O2S. The molecule has 2 atom stereocenters. The maximum atomic E-state index is 12.1. The standard InChI is InChI=1S/C16H24N2O2S/c1-12-6-3-4-8-14(12)20-11-10-17-15(19)13-7-5-9-18-16(13)21-2/h5,7,9,12,14H,3-4,6,8,10-11H2,1-2H3,(H,17,19)/t12-,14+/m1/s1. The normalized spacial score (nSPS) is 22.0. The van der Waals surface area contributed by atoms with E-state index in [0.29, 0.717) is 30.7 Å². The summed E-state index contributed by atoms with van der Waals surface area (Å²) >= 11 is 1.48. The van der Waals surface area contributed by atoms with Gasteiger partial charge in [-0.25, -0.2) is 4.98 Å². The molecular weight excluding hydrogens is 284 g/mol. The Kier molecular flexibility index (Phi) is 6.51. The zero-order chi connectivity index (χ0) is 15.1. The lowest BCUT2D eigenvalue weighted by Gasteiger charge is -2.28. The van der Waals surface area contributed by atoms with Crippen LogP contribution < -0.4 is 5.32 Å². The highest BCUT2D eigenvalue weighted by molar-refractivity contribution is 7.98. The fourth-order valence-corrected chi connectivity index (χ4v) is 3.27. The number of thioether (sulfide) groups is 1. The summed E-state index contributed by atoms with van der Waals surface area (Å²) in [5, 5.41) is 3.67. The summed E-state index contributed by atoms with van der Waals surface area (Å²) in [4.78, 5) is 16.3. The van der Waals surface area contributed by atoms with Gasteiger partial charge in [0.25, 0.3) is 5.91 Å². The van der Waals surface area contributed by atoms with E-state index in [9.17, 15) is 4.79 Å². The number of nitrogens with zero attached hydrogens (tertiary/aromatic N) is 1. The van der Waals surface area contributed by atoms with Crippen molar-refractivity contribution < 1.29 is 9.53 Å². The van der Waals surface area contributed by atoms with E-state index in [2.05, 4.69) is 17.2 Å². The number of ether oxygens (including phenoxy) is 1. The van der Waals surface area contributed by atoms with Gasteiger partial charge in [0.05, 0.1) is 18.3 Å². The second kappa shape index (κ2) is 8.39. The van der Waals surface area contributed by atoms with Crippen molar-refractivity contribution in [3.05, 3.63) is 23.9 Å². The Hall–Kier alpha value is -1.07. The molecule has 0 radical (unpaired) electrons. The Labute approximate surface area is 131 Å². The largest absolute Gasteiger partial charge is 0.376 e. The van der Waals surface area contributed by atoms with Crippen LogP contribution in [0.25, 0.3) is 0 Å². The summed E-state index contributed by atoms with van der Waals surface area (Å²) in [6.07, 6.45) is 8.96. The number of aromatic nitrogens is 1. The number of amides is 1. The highest BCUT2D eigenvalue weighted by Gasteiger charge is 2.21. The number of hydrogen-bond donors (Lipinski definition) is 1. The number of rotatable bonds is 6. The molecule has 21 heavy (non-hydrogen) atoms. The van der Waals surface area contributed by atoms with Crippen molar-refractivity contribution in [2.75, 3.05) is 19.4 Å². The Morgan fingerprint density at radius 1 is 1.48 bits per heavy atom. The maximum absolute atomic E-state index is 12.1. The first-order valence-corrected chi connectivity index (χ1v) is 8.83. The van der Waals surface area contributed by atoms with Crippen molar-refractivity contribution in [3.8, 4) is 0 Å². The monoisotopic (exact) mass is 308 g/mol. The Bertz CT molecular complexity index is 467. The molecule has 0 unspecified atom stereocenters. The molecule has 116 valence electrons. The number of carbonyl (C=O) groups is 1. The van der Waals surface area contributed by atoms with Crippen molar-refractivity contribution in [2.24, 2.45) is 5.92 Å². The molecule has 4 nitrogen and oxygen atoms in total. The third-order valence-corrected chi connectivity index (χ3v) is 4.67. The van der Waals surface area contributed by atoms with Gasteiger partial charge in [-0.1, -0.05) is 19.8 Å². The molecule has 1 amide bonds. The van der Waals surface area contributed by atoms with E-state index in [4.69, 9.17) is 4.74 Å². The minimum atomic E-state index is -0.0762. The van der Waals surface area contributed by atoms with E-state index in [-0.39, 0.29) is 5.91 Å². The summed E-state index contributed by atoms with van der Waals surface area (Å²) in [7, 11) is 0. The molecule has 1 aliphatic carbocycles. The topological polar surface area (TPSA) is 51.2 Å². The van der Waals surface area contributed by atoms with E-state index in [1.54, 1.807) is 18.3 Å². The van der Waals surface area contributed by atoms with E-state index < -0.39 is 0 Å². The van der Waals surface area contributed by atoms with Gasteiger partial charge in [0.2, 0.25) is 0 Å². The lowest BCUT2D eigenvalue weighted by atomic mass is 9.88. The summed E-state index contributed by atoms with van der Waals surface area (Å²) in [5.74, 6) is 0.559. The number of hydrogen-bond acceptors (Lipinski definition) is 4. The van der Waals surface area contributed by atoms with Gasteiger partial charge in [0.15, 0.2) is 0 Å². The van der Waals surface area contributed by atoms with Crippen LogP contribution in [-0.2, 0) is 4.74 Å². The quantitative estimate of drug-likeness (QED) is 0.648. The zero-order valence-corrected chi connectivity index (χ0v) is 13.6. The summed E-state index contributed by atoms with van der Waals surface area (Å²) in [5.41, 5.74) is 0.635. The maximum Gasteiger partial charge on any atom is 0.254 e. The molecule has 1 aromatic rings. The van der Waals surface area contributed by atoms with Crippen molar-refractivity contribution >= 4 is 17.7 Å². The number of pyridine rings is 1. The van der Waals surface area contributed by atoms with Crippen LogP contribution in [0, 0.1) is 5.92 Å². The molecule has 1 fully saturated rings. The molecule has 0 spiro atoms. The van der Waals surface area contributed by atoms with Gasteiger partial charge in [0.1, 0.15) is 5.03 Å². The molecule has 5 heteroatoms. The smallest absolute Gasteiger partial charge is 0.254 e. The average Bonchev–Trinajstić information content (AvgIpc) is 2.52. The lowest BCUT2D eigenvalue weighted by Crippen LogP contribution is -2.32. The van der Waals surface area contributed by atoms with Gasteiger partial charge in [-0.15, -0.1) is 11.8 Å². The molecule has 0 aliphatic heterocycles. The molecule has 0 bridgehead atoms. The van der Waals surface area contributed by atoms with Gasteiger partial charge in [-0.2, -0.15) is 0 Å². The van der Waals surface area contributed by atoms with Crippen LogP contribution >= 0.6 is 11.8 Å². The van der Waals surface area contributed by atoms with Gasteiger partial charge >= 0.3 is 0 Å². The Morgan fingerprint density at radius 2 is 2.29 bits per heavy atom. The fourth-order valence-electron chi connectivity index (χ4n) is 2.73. The molecule has 1 saturated carbocycles. The predicted molar refractivity (Wildman–Crippen MR) is 85.7 cm³/mol. The zero-order valence-electron chi connectivity index (χ0n) is 12.8. The van der Waals surface area contributed by atoms with Gasteiger partial charge in [-0.3, -0.25) is 4.79 Å². The lowest BCUT2D eigenvalue weighted by molar-refractivity contribution is -0.00294. The van der Waals surface area contributed by atoms with Crippen LogP contribution in [0.2, 0.25) is 0 Å². The third kappa shape index (κ3) is 4.71. The predicted octanol–water partition coefficient (Wildman–Crippen LogP) is 3.13. The number of nitrogens with one attached hydrogen (secondary N) is 1. The molecule has 0 saturated heterocycles. The van der Waals surface area contributed by atoms with Crippen molar-refractivity contribution in [1.82, 2.24) is 10.3 Å². The summed E-state index contributed by atoms with van der Waals surface area (Å²) in [6, 6.07) is 3.59.